The smallest absolute Gasteiger partial charge is 0.258 e. The normalized spacial score (nSPS) is 15.2. The molecular formula is C12H13N3O2. The highest BCUT2D eigenvalue weighted by atomic mass is 16.5. The lowest BCUT2D eigenvalue weighted by atomic mass is 10.1. The number of hydrogen-bond acceptors (Lipinski definition) is 4. The third-order valence-corrected chi connectivity index (χ3v) is 2.90. The summed E-state index contributed by atoms with van der Waals surface area (Å²) in [5, 5.41) is 7.54. The Morgan fingerprint density at radius 2 is 2.24 bits per heavy atom. The Labute approximate surface area is 98.2 Å². The monoisotopic (exact) mass is 231 g/mol. The van der Waals surface area contributed by atoms with Crippen LogP contribution in [0.15, 0.2) is 10.6 Å². The zero-order valence-corrected chi connectivity index (χ0v) is 9.78. The molecule has 88 valence electrons. The number of pyridine rings is 1. The van der Waals surface area contributed by atoms with Gasteiger partial charge in [0, 0.05) is 11.7 Å². The van der Waals surface area contributed by atoms with Crippen molar-refractivity contribution in [3.8, 4) is 0 Å². The zero-order chi connectivity index (χ0) is 12.0. The molecule has 0 radical (unpaired) electrons. The number of aromatic nitrogens is 2. The van der Waals surface area contributed by atoms with Gasteiger partial charge in [-0.3, -0.25) is 4.79 Å². The first-order valence-corrected chi connectivity index (χ1v) is 5.69. The van der Waals surface area contributed by atoms with E-state index in [-0.39, 0.29) is 5.91 Å². The van der Waals surface area contributed by atoms with Crippen LogP contribution in [0.2, 0.25) is 0 Å². The van der Waals surface area contributed by atoms with Gasteiger partial charge in [-0.25, -0.2) is 4.98 Å². The quantitative estimate of drug-likeness (QED) is 0.854. The first kappa shape index (κ1) is 10.3. The minimum atomic E-state index is -0.0608. The van der Waals surface area contributed by atoms with E-state index in [1.165, 1.54) is 0 Å². The van der Waals surface area contributed by atoms with E-state index in [4.69, 9.17) is 4.52 Å². The second kappa shape index (κ2) is 3.55. The van der Waals surface area contributed by atoms with Crippen LogP contribution < -0.4 is 5.32 Å². The van der Waals surface area contributed by atoms with E-state index in [9.17, 15) is 4.79 Å². The van der Waals surface area contributed by atoms with Gasteiger partial charge in [-0.1, -0.05) is 5.16 Å². The average Bonchev–Trinajstić information content (AvgIpc) is 3.02. The molecule has 2 aromatic rings. The summed E-state index contributed by atoms with van der Waals surface area (Å²) < 4.78 is 5.10. The van der Waals surface area contributed by atoms with Crippen LogP contribution in [0.4, 0.5) is 0 Å². The molecule has 0 aliphatic heterocycles. The van der Waals surface area contributed by atoms with Crippen LogP contribution in [-0.4, -0.2) is 22.1 Å². The number of aryl methyl sites for hydroxylation is 2. The number of nitrogens with zero attached hydrogens (tertiary/aromatic N) is 2. The van der Waals surface area contributed by atoms with E-state index in [1.807, 2.05) is 13.8 Å². The molecule has 0 unspecified atom stereocenters. The molecule has 5 nitrogen and oxygen atoms in total. The molecular weight excluding hydrogens is 218 g/mol. The van der Waals surface area contributed by atoms with Crippen molar-refractivity contribution < 1.29 is 9.32 Å². The summed E-state index contributed by atoms with van der Waals surface area (Å²) in [4.78, 5) is 16.3. The Morgan fingerprint density at radius 3 is 2.94 bits per heavy atom. The van der Waals surface area contributed by atoms with Gasteiger partial charge in [0.05, 0.1) is 16.6 Å². The number of nitrogens with one attached hydrogen (secondary N) is 1. The number of hydrogen-bond donors (Lipinski definition) is 1. The molecule has 1 aliphatic rings. The number of carbonyl (C=O) groups is 1. The molecule has 3 rings (SSSR count). The van der Waals surface area contributed by atoms with E-state index in [0.717, 1.165) is 18.5 Å². The topological polar surface area (TPSA) is 68.0 Å². The van der Waals surface area contributed by atoms with Crippen molar-refractivity contribution in [2.75, 3.05) is 0 Å². The molecule has 0 spiro atoms. The summed E-state index contributed by atoms with van der Waals surface area (Å²) >= 11 is 0. The molecule has 5 heteroatoms. The molecule has 1 N–H and O–H groups in total. The number of rotatable bonds is 2. The van der Waals surface area contributed by atoms with Crippen molar-refractivity contribution in [1.82, 2.24) is 15.5 Å². The fraction of sp³-hybridized carbons (Fsp3) is 0.417. The first-order valence-electron chi connectivity index (χ1n) is 5.69. The fourth-order valence-corrected chi connectivity index (χ4v) is 1.89. The third kappa shape index (κ3) is 1.77. The van der Waals surface area contributed by atoms with Gasteiger partial charge in [0.15, 0.2) is 0 Å². The fourth-order valence-electron chi connectivity index (χ4n) is 1.89. The summed E-state index contributed by atoms with van der Waals surface area (Å²) in [5.74, 6) is -0.0608. The minimum Gasteiger partial charge on any atom is -0.349 e. The zero-order valence-electron chi connectivity index (χ0n) is 9.78. The Balaban J connectivity index is 2.11. The van der Waals surface area contributed by atoms with Crippen LogP contribution in [0.25, 0.3) is 11.1 Å². The third-order valence-electron chi connectivity index (χ3n) is 2.90. The van der Waals surface area contributed by atoms with Crippen molar-refractivity contribution in [2.45, 2.75) is 32.7 Å². The Hall–Kier alpha value is -1.91. The lowest BCUT2D eigenvalue weighted by molar-refractivity contribution is 0.0952. The molecule has 1 fully saturated rings. The largest absolute Gasteiger partial charge is 0.349 e. The van der Waals surface area contributed by atoms with Gasteiger partial charge in [-0.2, -0.15) is 0 Å². The standard InChI is InChI=1S/C12H13N3O2/c1-6-5-9(11(16)14-8-3-4-8)10-7(2)15-17-12(10)13-6/h5,8H,3-4H2,1-2H3,(H,14,16). The lowest BCUT2D eigenvalue weighted by Crippen LogP contribution is -2.25. The van der Waals surface area contributed by atoms with E-state index in [0.29, 0.717) is 28.4 Å². The van der Waals surface area contributed by atoms with E-state index >= 15 is 0 Å². The molecule has 0 aromatic carbocycles. The summed E-state index contributed by atoms with van der Waals surface area (Å²) in [6.45, 7) is 3.65. The summed E-state index contributed by atoms with van der Waals surface area (Å²) in [7, 11) is 0. The number of carbonyl (C=O) groups excluding carboxylic acids is 1. The number of amides is 1. The van der Waals surface area contributed by atoms with Gasteiger partial charge < -0.3 is 9.84 Å². The van der Waals surface area contributed by atoms with Crippen LogP contribution >= 0.6 is 0 Å². The first-order chi connectivity index (χ1) is 8.15. The molecule has 1 amide bonds. The van der Waals surface area contributed by atoms with Crippen LogP contribution in [-0.2, 0) is 0 Å². The maximum absolute atomic E-state index is 12.1. The van der Waals surface area contributed by atoms with Crippen molar-refractivity contribution in [3.05, 3.63) is 23.0 Å². The molecule has 1 saturated carbocycles. The maximum atomic E-state index is 12.1. The van der Waals surface area contributed by atoms with Gasteiger partial charge >= 0.3 is 0 Å². The minimum absolute atomic E-state index is 0.0608. The highest BCUT2D eigenvalue weighted by molar-refractivity contribution is 6.06. The van der Waals surface area contributed by atoms with E-state index in [1.54, 1.807) is 6.07 Å². The summed E-state index contributed by atoms with van der Waals surface area (Å²) in [5.41, 5.74) is 2.50. The van der Waals surface area contributed by atoms with Crippen molar-refractivity contribution in [2.24, 2.45) is 0 Å². The Kier molecular flexibility index (Phi) is 2.14. The second-order valence-corrected chi connectivity index (χ2v) is 4.51. The molecule has 0 saturated heterocycles. The van der Waals surface area contributed by atoms with Gasteiger partial charge in [-0.15, -0.1) is 0 Å². The highest BCUT2D eigenvalue weighted by Gasteiger charge is 2.26. The Bertz CT molecular complexity index is 599. The SMILES string of the molecule is Cc1cc(C(=O)NC2CC2)c2c(C)noc2n1. The van der Waals surface area contributed by atoms with Crippen LogP contribution in [0, 0.1) is 13.8 Å². The predicted molar refractivity (Wildman–Crippen MR) is 61.8 cm³/mol. The maximum Gasteiger partial charge on any atom is 0.258 e. The van der Waals surface area contributed by atoms with Gasteiger partial charge in [0.2, 0.25) is 0 Å². The van der Waals surface area contributed by atoms with Crippen molar-refractivity contribution >= 4 is 17.0 Å². The van der Waals surface area contributed by atoms with Gasteiger partial charge in [0.25, 0.3) is 11.6 Å². The van der Waals surface area contributed by atoms with Gasteiger partial charge in [0.1, 0.15) is 0 Å². The van der Waals surface area contributed by atoms with Crippen molar-refractivity contribution in [3.63, 3.8) is 0 Å². The highest BCUT2D eigenvalue weighted by Crippen LogP contribution is 2.24. The molecule has 1 aliphatic carbocycles. The average molecular weight is 231 g/mol. The van der Waals surface area contributed by atoms with Crippen LogP contribution in [0.5, 0.6) is 0 Å². The summed E-state index contributed by atoms with van der Waals surface area (Å²) in [6, 6.07) is 2.12. The molecule has 0 atom stereocenters. The van der Waals surface area contributed by atoms with Gasteiger partial charge in [-0.05, 0) is 32.8 Å². The second-order valence-electron chi connectivity index (χ2n) is 4.51. The van der Waals surface area contributed by atoms with Crippen LogP contribution in [0.3, 0.4) is 0 Å². The molecule has 17 heavy (non-hydrogen) atoms. The summed E-state index contributed by atoms with van der Waals surface area (Å²) in [6.07, 6.45) is 2.14. The lowest BCUT2D eigenvalue weighted by Gasteiger charge is -2.05. The molecule has 2 aromatic heterocycles. The van der Waals surface area contributed by atoms with Crippen LogP contribution in [0.1, 0.15) is 34.6 Å². The number of fused-ring (bicyclic) bond motifs is 1. The van der Waals surface area contributed by atoms with E-state index < -0.39 is 0 Å². The van der Waals surface area contributed by atoms with E-state index in [2.05, 4.69) is 15.5 Å². The van der Waals surface area contributed by atoms with Crippen molar-refractivity contribution in [1.29, 1.82) is 0 Å². The molecule has 2 heterocycles. The Morgan fingerprint density at radius 1 is 1.47 bits per heavy atom. The predicted octanol–water partition coefficient (Wildman–Crippen LogP) is 1.73. The molecule has 0 bridgehead atoms.